The van der Waals surface area contributed by atoms with Crippen molar-refractivity contribution in [2.24, 2.45) is 0 Å². The summed E-state index contributed by atoms with van der Waals surface area (Å²) < 4.78 is 4.68. The van der Waals surface area contributed by atoms with Crippen molar-refractivity contribution in [2.45, 2.75) is 6.54 Å². The van der Waals surface area contributed by atoms with Crippen LogP contribution in [0.2, 0.25) is 5.02 Å². The highest BCUT2D eigenvalue weighted by Crippen LogP contribution is 2.14. The predicted molar refractivity (Wildman–Crippen MR) is 107 cm³/mol. The fourth-order valence-corrected chi connectivity index (χ4v) is 2.54. The van der Waals surface area contributed by atoms with Crippen LogP contribution in [-0.4, -0.2) is 29.0 Å². The molecule has 1 amide bonds. The van der Waals surface area contributed by atoms with Gasteiger partial charge < -0.3 is 15.4 Å². The number of nitrogens with one attached hydrogen (secondary N) is 2. The minimum absolute atomic E-state index is 0.192. The predicted octanol–water partition coefficient (Wildman–Crippen LogP) is 3.78. The second kappa shape index (κ2) is 8.96. The Kier molecular flexibility index (Phi) is 6.18. The minimum atomic E-state index is -0.480. The summed E-state index contributed by atoms with van der Waals surface area (Å²) >= 11 is 5.88. The van der Waals surface area contributed by atoms with Crippen molar-refractivity contribution in [3.8, 4) is 0 Å². The summed E-state index contributed by atoms with van der Waals surface area (Å²) in [5.74, 6) is -0.385. The molecule has 0 saturated heterocycles. The number of amides is 1. The van der Waals surface area contributed by atoms with Gasteiger partial charge >= 0.3 is 5.97 Å². The van der Waals surface area contributed by atoms with Crippen molar-refractivity contribution in [1.29, 1.82) is 0 Å². The van der Waals surface area contributed by atoms with Crippen LogP contribution in [0.15, 0.2) is 60.9 Å². The normalized spacial score (nSPS) is 10.2. The molecule has 0 aliphatic heterocycles. The van der Waals surface area contributed by atoms with Gasteiger partial charge in [0.2, 0.25) is 0 Å². The van der Waals surface area contributed by atoms with Crippen LogP contribution in [0.25, 0.3) is 0 Å². The molecule has 0 spiro atoms. The maximum absolute atomic E-state index is 12.5. The second-order valence-corrected chi connectivity index (χ2v) is 6.23. The van der Waals surface area contributed by atoms with E-state index in [1.165, 1.54) is 19.5 Å². The zero-order valence-corrected chi connectivity index (χ0v) is 15.7. The summed E-state index contributed by atoms with van der Waals surface area (Å²) in [7, 11) is 1.30. The average molecular weight is 397 g/mol. The standard InChI is InChI=1S/C20H17ClN4O3/c1-28-20(27)14-3-2-4-16(9-14)25-19(26)17-10-18(24-12-23-17)22-11-13-5-7-15(21)8-6-13/h2-10,12H,11H2,1H3,(H,25,26)(H,22,23,24). The molecular weight excluding hydrogens is 380 g/mol. The van der Waals surface area contributed by atoms with Gasteiger partial charge in [0.05, 0.1) is 12.7 Å². The van der Waals surface area contributed by atoms with E-state index in [4.69, 9.17) is 11.6 Å². The maximum Gasteiger partial charge on any atom is 0.337 e. The molecule has 0 fully saturated rings. The van der Waals surface area contributed by atoms with E-state index in [0.717, 1.165) is 5.56 Å². The Balaban J connectivity index is 1.66. The number of carbonyl (C=O) groups excluding carboxylic acids is 2. The zero-order chi connectivity index (χ0) is 19.9. The molecule has 8 heteroatoms. The van der Waals surface area contributed by atoms with E-state index in [1.807, 2.05) is 12.1 Å². The van der Waals surface area contributed by atoms with Crippen molar-refractivity contribution in [1.82, 2.24) is 9.97 Å². The zero-order valence-electron chi connectivity index (χ0n) is 15.0. The lowest BCUT2D eigenvalue weighted by Gasteiger charge is -2.09. The quantitative estimate of drug-likeness (QED) is 0.616. The molecule has 2 N–H and O–H groups in total. The van der Waals surface area contributed by atoms with Crippen molar-refractivity contribution in [3.05, 3.63) is 82.8 Å². The third-order valence-corrected chi connectivity index (χ3v) is 4.08. The van der Waals surface area contributed by atoms with Crippen molar-refractivity contribution in [2.75, 3.05) is 17.7 Å². The van der Waals surface area contributed by atoms with Crippen LogP contribution < -0.4 is 10.6 Å². The molecule has 0 atom stereocenters. The van der Waals surface area contributed by atoms with E-state index in [-0.39, 0.29) is 5.69 Å². The topological polar surface area (TPSA) is 93.2 Å². The largest absolute Gasteiger partial charge is 0.465 e. The van der Waals surface area contributed by atoms with E-state index < -0.39 is 11.9 Å². The van der Waals surface area contributed by atoms with E-state index in [2.05, 4.69) is 25.3 Å². The number of carbonyl (C=O) groups is 2. The van der Waals surface area contributed by atoms with E-state index >= 15 is 0 Å². The first-order valence-electron chi connectivity index (χ1n) is 8.35. The Morgan fingerprint density at radius 1 is 1.07 bits per heavy atom. The smallest absolute Gasteiger partial charge is 0.337 e. The van der Waals surface area contributed by atoms with Gasteiger partial charge in [0.1, 0.15) is 17.8 Å². The molecule has 28 heavy (non-hydrogen) atoms. The molecule has 0 bridgehead atoms. The molecule has 7 nitrogen and oxygen atoms in total. The number of nitrogens with zero attached hydrogens (tertiary/aromatic N) is 2. The number of rotatable bonds is 6. The van der Waals surface area contributed by atoms with Gasteiger partial charge in [-0.3, -0.25) is 4.79 Å². The summed E-state index contributed by atoms with van der Waals surface area (Å²) in [6.45, 7) is 0.524. The summed E-state index contributed by atoms with van der Waals surface area (Å²) in [6.07, 6.45) is 1.31. The number of hydrogen-bond acceptors (Lipinski definition) is 6. The number of hydrogen-bond donors (Lipinski definition) is 2. The van der Waals surface area contributed by atoms with Crippen LogP contribution in [0, 0.1) is 0 Å². The van der Waals surface area contributed by atoms with Gasteiger partial charge in [0.15, 0.2) is 0 Å². The first-order chi connectivity index (χ1) is 13.5. The fraction of sp³-hybridized carbons (Fsp3) is 0.100. The van der Waals surface area contributed by atoms with Gasteiger partial charge in [-0.15, -0.1) is 0 Å². The summed E-state index contributed by atoms with van der Waals surface area (Å²) in [5, 5.41) is 6.51. The molecule has 0 saturated carbocycles. The Morgan fingerprint density at radius 3 is 2.61 bits per heavy atom. The molecule has 0 aliphatic carbocycles. The summed E-state index contributed by atoms with van der Waals surface area (Å²) in [5.41, 5.74) is 2.02. The van der Waals surface area contributed by atoms with Gasteiger partial charge in [-0.25, -0.2) is 14.8 Å². The number of esters is 1. The van der Waals surface area contributed by atoms with Crippen molar-refractivity contribution in [3.63, 3.8) is 0 Å². The summed E-state index contributed by atoms with van der Waals surface area (Å²) in [6, 6.07) is 15.4. The first kappa shape index (κ1) is 19.3. The van der Waals surface area contributed by atoms with Gasteiger partial charge in [-0.2, -0.15) is 0 Å². The molecule has 0 unspecified atom stereocenters. The van der Waals surface area contributed by atoms with Gasteiger partial charge in [-0.05, 0) is 35.9 Å². The summed E-state index contributed by atoms with van der Waals surface area (Å²) in [4.78, 5) is 32.2. The lowest BCUT2D eigenvalue weighted by atomic mass is 10.2. The van der Waals surface area contributed by atoms with Gasteiger partial charge in [-0.1, -0.05) is 29.8 Å². The average Bonchev–Trinajstić information content (AvgIpc) is 2.73. The molecule has 0 aliphatic rings. The number of halogens is 1. The fourth-order valence-electron chi connectivity index (χ4n) is 2.41. The third-order valence-electron chi connectivity index (χ3n) is 3.83. The Hall–Kier alpha value is -3.45. The maximum atomic E-state index is 12.5. The Morgan fingerprint density at radius 2 is 1.86 bits per heavy atom. The SMILES string of the molecule is COC(=O)c1cccc(NC(=O)c2cc(NCc3ccc(Cl)cc3)ncn2)c1. The van der Waals surface area contributed by atoms with Gasteiger partial charge in [0.25, 0.3) is 5.91 Å². The third kappa shape index (κ3) is 5.05. The number of aromatic nitrogens is 2. The van der Waals surface area contributed by atoms with Crippen LogP contribution in [0.3, 0.4) is 0 Å². The molecule has 1 aromatic heterocycles. The second-order valence-electron chi connectivity index (χ2n) is 5.80. The number of ether oxygens (including phenoxy) is 1. The van der Waals surface area contributed by atoms with Crippen molar-refractivity contribution >= 4 is 35.0 Å². The molecule has 3 aromatic rings. The highest BCUT2D eigenvalue weighted by Gasteiger charge is 2.11. The first-order valence-corrected chi connectivity index (χ1v) is 8.73. The molecular formula is C20H17ClN4O3. The lowest BCUT2D eigenvalue weighted by Crippen LogP contribution is -2.15. The van der Waals surface area contributed by atoms with E-state index in [1.54, 1.807) is 36.4 Å². The van der Waals surface area contributed by atoms with Crippen LogP contribution in [0.4, 0.5) is 11.5 Å². The Bertz CT molecular complexity index is 993. The monoisotopic (exact) mass is 396 g/mol. The van der Waals surface area contributed by atoms with Crippen LogP contribution >= 0.6 is 11.6 Å². The number of anilines is 2. The molecule has 142 valence electrons. The van der Waals surface area contributed by atoms with Crippen molar-refractivity contribution < 1.29 is 14.3 Å². The highest BCUT2D eigenvalue weighted by molar-refractivity contribution is 6.30. The van der Waals surface area contributed by atoms with E-state index in [0.29, 0.717) is 28.6 Å². The van der Waals surface area contributed by atoms with Crippen LogP contribution in [0.5, 0.6) is 0 Å². The molecule has 3 rings (SSSR count). The minimum Gasteiger partial charge on any atom is -0.465 e. The van der Waals surface area contributed by atoms with E-state index in [9.17, 15) is 9.59 Å². The number of methoxy groups -OCH3 is 1. The molecule has 0 radical (unpaired) electrons. The highest BCUT2D eigenvalue weighted by atomic mass is 35.5. The molecule has 2 aromatic carbocycles. The van der Waals surface area contributed by atoms with Gasteiger partial charge in [0, 0.05) is 23.3 Å². The molecule has 1 heterocycles. The van der Waals surface area contributed by atoms with Crippen LogP contribution in [-0.2, 0) is 11.3 Å². The van der Waals surface area contributed by atoms with Crippen LogP contribution in [0.1, 0.15) is 26.4 Å². The Labute approximate surface area is 166 Å². The lowest BCUT2D eigenvalue weighted by molar-refractivity contribution is 0.0600. The number of benzene rings is 2.